The molecule has 2 aromatic heterocycles. The molecule has 0 spiro atoms. The maximum Gasteiger partial charge on any atom is 0.131 e. The van der Waals surface area contributed by atoms with Crippen LogP contribution in [-0.2, 0) is 7.05 Å². The highest BCUT2D eigenvalue weighted by molar-refractivity contribution is 7.10. The van der Waals surface area contributed by atoms with Gasteiger partial charge in [-0.1, -0.05) is 13.0 Å². The number of terminal acetylenes is 1. The van der Waals surface area contributed by atoms with Crippen LogP contribution in [0.15, 0.2) is 29.9 Å². The highest BCUT2D eigenvalue weighted by atomic mass is 32.1. The quantitative estimate of drug-likeness (QED) is 0.820. The van der Waals surface area contributed by atoms with Crippen molar-refractivity contribution in [3.63, 3.8) is 0 Å². The molecule has 1 N–H and O–H groups in total. The fraction of sp³-hybridized carbons (Fsp3) is 0.400. The number of hydrogen-bond acceptors (Lipinski definition) is 3. The number of imidazole rings is 1. The Morgan fingerprint density at radius 1 is 1.58 bits per heavy atom. The summed E-state index contributed by atoms with van der Waals surface area (Å²) < 4.78 is 2.06. The zero-order chi connectivity index (χ0) is 13.7. The van der Waals surface area contributed by atoms with E-state index in [1.54, 1.807) is 11.3 Å². The Bertz CT molecular complexity index is 536. The van der Waals surface area contributed by atoms with Crippen molar-refractivity contribution in [2.24, 2.45) is 7.05 Å². The largest absolute Gasteiger partial charge is 0.336 e. The maximum atomic E-state index is 5.44. The van der Waals surface area contributed by atoms with Crippen LogP contribution in [-0.4, -0.2) is 15.6 Å². The van der Waals surface area contributed by atoms with Crippen molar-refractivity contribution < 1.29 is 0 Å². The molecule has 3 nitrogen and oxygen atoms in total. The third-order valence-corrected chi connectivity index (χ3v) is 4.14. The van der Waals surface area contributed by atoms with Crippen molar-refractivity contribution in [1.82, 2.24) is 14.9 Å². The predicted molar refractivity (Wildman–Crippen MR) is 80.0 cm³/mol. The molecule has 4 heteroatoms. The lowest BCUT2D eigenvalue weighted by Gasteiger charge is -2.23. The van der Waals surface area contributed by atoms with Crippen molar-refractivity contribution in [2.75, 3.05) is 0 Å². The first kappa shape index (κ1) is 13.9. The van der Waals surface area contributed by atoms with Crippen LogP contribution < -0.4 is 5.32 Å². The summed E-state index contributed by atoms with van der Waals surface area (Å²) in [5.74, 6) is 3.77. The number of thiophene rings is 1. The van der Waals surface area contributed by atoms with E-state index in [9.17, 15) is 0 Å². The molecule has 2 unspecified atom stereocenters. The van der Waals surface area contributed by atoms with E-state index in [-0.39, 0.29) is 6.04 Å². The van der Waals surface area contributed by atoms with Crippen LogP contribution in [0, 0.1) is 12.3 Å². The fourth-order valence-electron chi connectivity index (χ4n) is 2.09. The summed E-state index contributed by atoms with van der Waals surface area (Å²) in [7, 11) is 2.02. The van der Waals surface area contributed by atoms with Gasteiger partial charge in [0.15, 0.2) is 0 Å². The average Bonchev–Trinajstić information content (AvgIpc) is 3.06. The van der Waals surface area contributed by atoms with Crippen LogP contribution in [0.25, 0.3) is 0 Å². The van der Waals surface area contributed by atoms with E-state index >= 15 is 0 Å². The first-order valence-electron chi connectivity index (χ1n) is 6.46. The van der Waals surface area contributed by atoms with Crippen molar-refractivity contribution in [3.05, 3.63) is 40.6 Å². The maximum absolute atomic E-state index is 5.44. The second kappa shape index (κ2) is 6.55. The van der Waals surface area contributed by atoms with Crippen LogP contribution in [0.3, 0.4) is 0 Å². The third-order valence-electron chi connectivity index (χ3n) is 3.20. The van der Waals surface area contributed by atoms with Gasteiger partial charge in [-0.05, 0) is 17.9 Å². The van der Waals surface area contributed by atoms with Gasteiger partial charge >= 0.3 is 0 Å². The van der Waals surface area contributed by atoms with Gasteiger partial charge in [0.05, 0.1) is 0 Å². The van der Waals surface area contributed by atoms with Gasteiger partial charge in [-0.15, -0.1) is 23.7 Å². The fourth-order valence-corrected chi connectivity index (χ4v) is 2.87. The Morgan fingerprint density at radius 2 is 2.42 bits per heavy atom. The minimum atomic E-state index is 0.110. The Morgan fingerprint density at radius 3 is 2.95 bits per heavy atom. The molecule has 0 aliphatic heterocycles. The van der Waals surface area contributed by atoms with E-state index < -0.39 is 0 Å². The summed E-state index contributed by atoms with van der Waals surface area (Å²) >= 11 is 1.74. The molecule has 19 heavy (non-hydrogen) atoms. The van der Waals surface area contributed by atoms with Crippen molar-refractivity contribution in [2.45, 2.75) is 31.8 Å². The van der Waals surface area contributed by atoms with Gasteiger partial charge < -0.3 is 4.57 Å². The van der Waals surface area contributed by atoms with Crippen molar-refractivity contribution in [1.29, 1.82) is 0 Å². The first-order valence-corrected chi connectivity index (χ1v) is 7.34. The molecule has 2 rings (SSSR count). The second-order valence-corrected chi connectivity index (χ2v) is 5.50. The molecule has 0 amide bonds. The minimum Gasteiger partial charge on any atom is -0.336 e. The molecule has 2 atom stereocenters. The number of nitrogens with zero attached hydrogens (tertiary/aromatic N) is 2. The summed E-state index contributed by atoms with van der Waals surface area (Å²) in [6, 6.07) is 4.63. The molecule has 0 saturated heterocycles. The molecular formula is C15H19N3S. The normalized spacial score (nSPS) is 13.9. The number of rotatable bonds is 6. The average molecular weight is 273 g/mol. The summed E-state index contributed by atoms with van der Waals surface area (Å²) in [5.41, 5.74) is 0. The van der Waals surface area contributed by atoms with Crippen molar-refractivity contribution >= 4 is 11.3 Å². The summed E-state index contributed by atoms with van der Waals surface area (Å²) in [4.78, 5) is 5.74. The zero-order valence-electron chi connectivity index (χ0n) is 11.3. The molecule has 0 aliphatic carbocycles. The molecule has 100 valence electrons. The van der Waals surface area contributed by atoms with Crippen molar-refractivity contribution in [3.8, 4) is 12.3 Å². The Labute approximate surface area is 118 Å². The highest BCUT2D eigenvalue weighted by Gasteiger charge is 2.21. The molecule has 2 heterocycles. The second-order valence-electron chi connectivity index (χ2n) is 4.52. The molecule has 0 aromatic carbocycles. The number of aryl methyl sites for hydroxylation is 1. The van der Waals surface area contributed by atoms with Gasteiger partial charge in [0, 0.05) is 36.8 Å². The van der Waals surface area contributed by atoms with Crippen LogP contribution >= 0.6 is 11.3 Å². The van der Waals surface area contributed by atoms with E-state index in [0.717, 1.165) is 18.7 Å². The molecule has 2 aromatic rings. The van der Waals surface area contributed by atoms with Gasteiger partial charge in [0.1, 0.15) is 11.9 Å². The third kappa shape index (κ3) is 3.25. The zero-order valence-corrected chi connectivity index (χ0v) is 12.2. The van der Waals surface area contributed by atoms with Crippen LogP contribution in [0.1, 0.15) is 36.5 Å². The molecule has 0 saturated carbocycles. The number of hydrogen-bond donors (Lipinski definition) is 1. The summed E-state index contributed by atoms with van der Waals surface area (Å²) in [6.07, 6.45) is 11.0. The van der Waals surface area contributed by atoms with E-state index in [0.29, 0.717) is 6.04 Å². The Kier molecular flexibility index (Phi) is 4.78. The lowest BCUT2D eigenvalue weighted by molar-refractivity contribution is 0.451. The Hall–Kier alpha value is -1.57. The van der Waals surface area contributed by atoms with Crippen LogP contribution in [0.5, 0.6) is 0 Å². The molecule has 0 fully saturated rings. The first-order chi connectivity index (χ1) is 9.26. The van der Waals surface area contributed by atoms with Gasteiger partial charge in [-0.3, -0.25) is 5.32 Å². The van der Waals surface area contributed by atoms with Crippen LogP contribution in [0.2, 0.25) is 0 Å². The predicted octanol–water partition coefficient (Wildman–Crippen LogP) is 2.96. The molecular weight excluding hydrogens is 254 g/mol. The molecule has 0 aliphatic rings. The smallest absolute Gasteiger partial charge is 0.131 e. The van der Waals surface area contributed by atoms with E-state index in [4.69, 9.17) is 6.42 Å². The lowest BCUT2D eigenvalue weighted by atomic mass is 10.1. The number of aromatic nitrogens is 2. The van der Waals surface area contributed by atoms with Gasteiger partial charge in [0.2, 0.25) is 0 Å². The van der Waals surface area contributed by atoms with E-state index in [2.05, 4.69) is 45.2 Å². The summed E-state index contributed by atoms with van der Waals surface area (Å²) in [6.45, 7) is 2.15. The van der Waals surface area contributed by atoms with E-state index in [1.165, 1.54) is 4.88 Å². The highest BCUT2D eigenvalue weighted by Crippen LogP contribution is 2.25. The minimum absolute atomic E-state index is 0.110. The standard InChI is InChI=1S/C15H19N3S/c1-4-7-12(5-2)17-14(13-8-6-11-19-13)15-16-9-10-18(15)3/h1,6,8-12,14,17H,5,7H2,2-3H3. The van der Waals surface area contributed by atoms with Gasteiger partial charge in [-0.2, -0.15) is 0 Å². The lowest BCUT2D eigenvalue weighted by Crippen LogP contribution is -2.33. The monoisotopic (exact) mass is 273 g/mol. The van der Waals surface area contributed by atoms with Crippen LogP contribution in [0.4, 0.5) is 0 Å². The SMILES string of the molecule is C#CCC(CC)NC(c1cccs1)c1nccn1C. The van der Waals surface area contributed by atoms with E-state index in [1.807, 2.05) is 19.4 Å². The number of nitrogens with one attached hydrogen (secondary N) is 1. The van der Waals surface area contributed by atoms with Gasteiger partial charge in [0.25, 0.3) is 0 Å². The molecule has 0 bridgehead atoms. The topological polar surface area (TPSA) is 29.9 Å². The molecule has 0 radical (unpaired) electrons. The summed E-state index contributed by atoms with van der Waals surface area (Å²) in [5, 5.41) is 5.73. The van der Waals surface area contributed by atoms with Gasteiger partial charge in [-0.25, -0.2) is 4.98 Å². The Balaban J connectivity index is 2.26.